The van der Waals surface area contributed by atoms with Crippen molar-refractivity contribution in [1.82, 2.24) is 4.90 Å². The molecule has 2 rings (SSSR count). The molecule has 0 radical (unpaired) electrons. The van der Waals surface area contributed by atoms with Crippen molar-refractivity contribution >= 4 is 5.84 Å². The summed E-state index contributed by atoms with van der Waals surface area (Å²) in [4.78, 5) is 2.26. The van der Waals surface area contributed by atoms with Crippen LogP contribution in [-0.4, -0.2) is 24.3 Å². The smallest absolute Gasteiger partial charge is 0.123 e. The topological polar surface area (TPSA) is 53.1 Å². The third kappa shape index (κ3) is 4.04. The number of hydrogen-bond donors (Lipinski definition) is 2. The molecule has 4 heteroatoms. The van der Waals surface area contributed by atoms with Crippen molar-refractivity contribution in [3.8, 4) is 0 Å². The van der Waals surface area contributed by atoms with E-state index in [0.29, 0.717) is 12.1 Å². The summed E-state index contributed by atoms with van der Waals surface area (Å²) in [5.74, 6) is 0.370. The second kappa shape index (κ2) is 6.84. The molecule has 1 aromatic rings. The second-order valence-electron chi connectivity index (χ2n) is 5.92. The first-order valence-corrected chi connectivity index (χ1v) is 7.37. The van der Waals surface area contributed by atoms with Crippen molar-refractivity contribution in [2.45, 2.75) is 38.6 Å². The highest BCUT2D eigenvalue weighted by Crippen LogP contribution is 2.24. The summed E-state index contributed by atoms with van der Waals surface area (Å²) in [6, 6.07) is 4.53. The van der Waals surface area contributed by atoms with Gasteiger partial charge in [0, 0.05) is 18.7 Å². The number of rotatable bonds is 5. The minimum atomic E-state index is -0.339. The zero-order chi connectivity index (χ0) is 14.5. The van der Waals surface area contributed by atoms with E-state index >= 15 is 0 Å². The first-order valence-electron chi connectivity index (χ1n) is 7.37. The Labute approximate surface area is 120 Å². The molecule has 0 bridgehead atoms. The first kappa shape index (κ1) is 15.0. The minimum absolute atomic E-state index is 0.0643. The lowest BCUT2D eigenvalue weighted by Crippen LogP contribution is -2.28. The third-order valence-electron chi connectivity index (χ3n) is 4.10. The van der Waals surface area contributed by atoms with Gasteiger partial charge in [-0.1, -0.05) is 25.3 Å². The van der Waals surface area contributed by atoms with E-state index in [9.17, 15) is 4.39 Å². The predicted octanol–water partition coefficient (Wildman–Crippen LogP) is 3.12. The van der Waals surface area contributed by atoms with Crippen LogP contribution >= 0.6 is 0 Å². The number of nitrogens with zero attached hydrogens (tertiary/aromatic N) is 1. The van der Waals surface area contributed by atoms with Crippen molar-refractivity contribution < 1.29 is 4.39 Å². The number of nitrogens with two attached hydrogens (primary N) is 1. The van der Waals surface area contributed by atoms with Crippen LogP contribution in [0.15, 0.2) is 18.2 Å². The Bertz CT molecular complexity index is 467. The number of hydrogen-bond acceptors (Lipinski definition) is 2. The molecule has 110 valence electrons. The molecule has 0 aliphatic heterocycles. The molecular formula is C16H24FN3. The quantitative estimate of drug-likeness (QED) is 0.642. The first-order chi connectivity index (χ1) is 9.56. The van der Waals surface area contributed by atoms with Crippen LogP contribution in [0.25, 0.3) is 0 Å². The van der Waals surface area contributed by atoms with E-state index in [4.69, 9.17) is 11.1 Å². The molecule has 1 aliphatic rings. The summed E-state index contributed by atoms with van der Waals surface area (Å²) in [6.07, 6.45) is 6.68. The summed E-state index contributed by atoms with van der Waals surface area (Å²) in [6.45, 7) is 1.78. The Morgan fingerprint density at radius 1 is 1.35 bits per heavy atom. The van der Waals surface area contributed by atoms with E-state index < -0.39 is 0 Å². The predicted molar refractivity (Wildman–Crippen MR) is 80.3 cm³/mol. The highest BCUT2D eigenvalue weighted by Gasteiger charge is 2.16. The van der Waals surface area contributed by atoms with Crippen LogP contribution in [0, 0.1) is 17.1 Å². The molecule has 1 saturated carbocycles. The van der Waals surface area contributed by atoms with E-state index in [1.165, 1.54) is 44.2 Å². The van der Waals surface area contributed by atoms with Gasteiger partial charge in [0.15, 0.2) is 0 Å². The van der Waals surface area contributed by atoms with Crippen molar-refractivity contribution in [2.75, 3.05) is 13.6 Å². The largest absolute Gasteiger partial charge is 0.384 e. The van der Waals surface area contributed by atoms with Crippen LogP contribution in [0.2, 0.25) is 0 Å². The standard InChI is InChI=1S/C16H24FN3/c1-20(10-12-5-3-2-4-6-12)11-13-7-8-14(17)9-15(13)16(18)19/h7-9,12H,2-6,10-11H2,1H3,(H3,18,19). The average molecular weight is 277 g/mol. The summed E-state index contributed by atoms with van der Waals surface area (Å²) in [7, 11) is 2.09. The van der Waals surface area contributed by atoms with E-state index in [-0.39, 0.29) is 11.7 Å². The van der Waals surface area contributed by atoms with E-state index in [1.54, 1.807) is 6.07 Å². The number of nitrogen functional groups attached to an aromatic ring is 1. The molecule has 0 aromatic heterocycles. The van der Waals surface area contributed by atoms with Crippen LogP contribution in [0.1, 0.15) is 43.2 Å². The lowest BCUT2D eigenvalue weighted by molar-refractivity contribution is 0.228. The Hall–Kier alpha value is -1.42. The van der Waals surface area contributed by atoms with Crippen LogP contribution in [0.5, 0.6) is 0 Å². The second-order valence-corrected chi connectivity index (χ2v) is 5.92. The molecule has 0 heterocycles. The average Bonchev–Trinajstić information content (AvgIpc) is 2.41. The van der Waals surface area contributed by atoms with E-state index in [1.807, 2.05) is 0 Å². The molecular weight excluding hydrogens is 253 g/mol. The maximum absolute atomic E-state index is 13.3. The van der Waals surface area contributed by atoms with Gasteiger partial charge in [0.05, 0.1) is 0 Å². The number of halogens is 1. The van der Waals surface area contributed by atoms with Gasteiger partial charge >= 0.3 is 0 Å². The van der Waals surface area contributed by atoms with Gasteiger partial charge in [-0.05, 0) is 43.5 Å². The zero-order valence-corrected chi connectivity index (χ0v) is 12.2. The normalized spacial score (nSPS) is 16.6. The molecule has 1 aliphatic carbocycles. The van der Waals surface area contributed by atoms with Gasteiger partial charge in [0.25, 0.3) is 0 Å². The SMILES string of the molecule is CN(Cc1ccc(F)cc1C(=N)N)CC1CCCCC1. The summed E-state index contributed by atoms with van der Waals surface area (Å²) >= 11 is 0. The molecule has 3 N–H and O–H groups in total. The van der Waals surface area contributed by atoms with E-state index in [2.05, 4.69) is 11.9 Å². The number of amidine groups is 1. The minimum Gasteiger partial charge on any atom is -0.384 e. The number of nitrogens with one attached hydrogen (secondary N) is 1. The Morgan fingerprint density at radius 3 is 2.70 bits per heavy atom. The molecule has 0 amide bonds. The number of benzene rings is 1. The zero-order valence-electron chi connectivity index (χ0n) is 12.2. The monoisotopic (exact) mass is 277 g/mol. The van der Waals surface area contributed by atoms with Gasteiger partial charge < -0.3 is 10.6 Å². The highest BCUT2D eigenvalue weighted by atomic mass is 19.1. The molecule has 0 atom stereocenters. The van der Waals surface area contributed by atoms with Crippen LogP contribution in [0.3, 0.4) is 0 Å². The van der Waals surface area contributed by atoms with Gasteiger partial charge in [-0.2, -0.15) is 0 Å². The van der Waals surface area contributed by atoms with Gasteiger partial charge in [0.2, 0.25) is 0 Å². The van der Waals surface area contributed by atoms with Crippen molar-refractivity contribution in [1.29, 1.82) is 5.41 Å². The van der Waals surface area contributed by atoms with Gasteiger partial charge in [0.1, 0.15) is 11.7 Å². The lowest BCUT2D eigenvalue weighted by Gasteiger charge is -2.27. The lowest BCUT2D eigenvalue weighted by atomic mass is 9.89. The molecule has 1 fully saturated rings. The fourth-order valence-electron chi connectivity index (χ4n) is 3.10. The molecule has 20 heavy (non-hydrogen) atoms. The molecule has 0 unspecified atom stereocenters. The fourth-order valence-corrected chi connectivity index (χ4v) is 3.10. The maximum atomic E-state index is 13.3. The molecule has 1 aromatic carbocycles. The fraction of sp³-hybridized carbons (Fsp3) is 0.562. The van der Waals surface area contributed by atoms with Gasteiger partial charge in [-0.25, -0.2) is 4.39 Å². The van der Waals surface area contributed by atoms with E-state index in [0.717, 1.165) is 18.0 Å². The van der Waals surface area contributed by atoms with Crippen molar-refractivity contribution in [3.63, 3.8) is 0 Å². The van der Waals surface area contributed by atoms with Crippen LogP contribution < -0.4 is 5.73 Å². The Morgan fingerprint density at radius 2 is 2.05 bits per heavy atom. The Balaban J connectivity index is 1.99. The van der Waals surface area contributed by atoms with Crippen molar-refractivity contribution in [2.24, 2.45) is 11.7 Å². The van der Waals surface area contributed by atoms with Crippen molar-refractivity contribution in [3.05, 3.63) is 35.1 Å². The Kier molecular flexibility index (Phi) is 5.12. The van der Waals surface area contributed by atoms with Crippen LogP contribution in [0.4, 0.5) is 4.39 Å². The summed E-state index contributed by atoms with van der Waals surface area (Å²) < 4.78 is 13.3. The third-order valence-corrected chi connectivity index (χ3v) is 4.10. The van der Waals surface area contributed by atoms with Gasteiger partial charge in [-0.3, -0.25) is 5.41 Å². The maximum Gasteiger partial charge on any atom is 0.123 e. The molecule has 0 saturated heterocycles. The van der Waals surface area contributed by atoms with Gasteiger partial charge in [-0.15, -0.1) is 0 Å². The van der Waals surface area contributed by atoms with Crippen LogP contribution in [-0.2, 0) is 6.54 Å². The molecule has 3 nitrogen and oxygen atoms in total. The highest BCUT2D eigenvalue weighted by molar-refractivity contribution is 5.96. The molecule has 0 spiro atoms. The summed E-state index contributed by atoms with van der Waals surface area (Å²) in [5, 5.41) is 7.56. The summed E-state index contributed by atoms with van der Waals surface area (Å²) in [5.41, 5.74) is 6.98.